The van der Waals surface area contributed by atoms with Crippen molar-refractivity contribution >= 4 is 0 Å². The highest BCUT2D eigenvalue weighted by molar-refractivity contribution is 5.26. The van der Waals surface area contributed by atoms with Gasteiger partial charge < -0.3 is 5.32 Å². The zero-order valence-corrected chi connectivity index (χ0v) is 10.6. The van der Waals surface area contributed by atoms with Gasteiger partial charge in [0.25, 0.3) is 0 Å². The van der Waals surface area contributed by atoms with Crippen LogP contribution in [0.15, 0.2) is 18.2 Å². The van der Waals surface area contributed by atoms with Gasteiger partial charge in [-0.15, -0.1) is 0 Å². The smallest absolute Gasteiger partial charge is 0.128 e. The van der Waals surface area contributed by atoms with E-state index in [1.54, 1.807) is 0 Å². The predicted molar refractivity (Wildman–Crippen MR) is 67.1 cm³/mol. The van der Waals surface area contributed by atoms with Crippen molar-refractivity contribution in [3.63, 3.8) is 0 Å². The lowest BCUT2D eigenvalue weighted by Crippen LogP contribution is -2.25. The summed E-state index contributed by atoms with van der Waals surface area (Å²) in [4.78, 5) is 0. The first-order chi connectivity index (χ1) is 8.72. The Morgan fingerprint density at radius 2 is 2.00 bits per heavy atom. The molecule has 1 aromatic rings. The van der Waals surface area contributed by atoms with E-state index in [1.165, 1.54) is 37.5 Å². The Labute approximate surface area is 107 Å². The SMILES string of the molecule is CCNC(c1cc(F)ccc1F)C1C2CCCC21. The molecule has 2 saturated carbocycles. The summed E-state index contributed by atoms with van der Waals surface area (Å²) in [5.74, 6) is 1.34. The molecule has 2 aliphatic carbocycles. The van der Waals surface area contributed by atoms with Crippen molar-refractivity contribution in [2.75, 3.05) is 6.54 Å². The van der Waals surface area contributed by atoms with E-state index in [-0.39, 0.29) is 17.7 Å². The number of nitrogens with one attached hydrogen (secondary N) is 1. The lowest BCUT2D eigenvalue weighted by Gasteiger charge is -2.21. The molecule has 2 aliphatic rings. The second-order valence-electron chi connectivity index (χ2n) is 5.54. The molecule has 3 unspecified atom stereocenters. The third-order valence-electron chi connectivity index (χ3n) is 4.57. The van der Waals surface area contributed by atoms with Crippen LogP contribution in [0.3, 0.4) is 0 Å². The second kappa shape index (κ2) is 4.61. The largest absolute Gasteiger partial charge is 0.310 e. The molecule has 1 nitrogen and oxygen atoms in total. The van der Waals surface area contributed by atoms with Gasteiger partial charge in [0.1, 0.15) is 11.6 Å². The van der Waals surface area contributed by atoms with Crippen LogP contribution in [0.2, 0.25) is 0 Å². The van der Waals surface area contributed by atoms with E-state index in [4.69, 9.17) is 0 Å². The van der Waals surface area contributed by atoms with Crippen molar-refractivity contribution in [2.45, 2.75) is 32.2 Å². The Hall–Kier alpha value is -0.960. The molecule has 2 fully saturated rings. The van der Waals surface area contributed by atoms with Crippen LogP contribution in [0.25, 0.3) is 0 Å². The molecule has 3 heteroatoms. The van der Waals surface area contributed by atoms with Crippen LogP contribution in [0, 0.1) is 29.4 Å². The summed E-state index contributed by atoms with van der Waals surface area (Å²) in [5, 5.41) is 3.35. The molecule has 18 heavy (non-hydrogen) atoms. The Bertz CT molecular complexity index is 436. The summed E-state index contributed by atoms with van der Waals surface area (Å²) in [7, 11) is 0. The third kappa shape index (κ3) is 1.95. The minimum atomic E-state index is -0.347. The van der Waals surface area contributed by atoms with Crippen LogP contribution in [-0.4, -0.2) is 6.54 Å². The molecular formula is C15H19F2N. The number of halogens is 2. The lowest BCUT2D eigenvalue weighted by atomic mass is 9.96. The van der Waals surface area contributed by atoms with Gasteiger partial charge in [0, 0.05) is 11.6 Å². The first-order valence-corrected chi connectivity index (χ1v) is 6.90. The first kappa shape index (κ1) is 12.1. The molecule has 0 heterocycles. The molecule has 3 rings (SSSR count). The van der Waals surface area contributed by atoms with Crippen LogP contribution >= 0.6 is 0 Å². The Kier molecular flexibility index (Phi) is 3.10. The fraction of sp³-hybridized carbons (Fsp3) is 0.600. The highest BCUT2D eigenvalue weighted by Crippen LogP contribution is 2.62. The monoisotopic (exact) mass is 251 g/mol. The number of hydrogen-bond acceptors (Lipinski definition) is 1. The van der Waals surface area contributed by atoms with E-state index in [1.807, 2.05) is 6.92 Å². The van der Waals surface area contributed by atoms with E-state index < -0.39 is 0 Å². The van der Waals surface area contributed by atoms with Gasteiger partial charge in [-0.1, -0.05) is 13.3 Å². The minimum absolute atomic E-state index is 0.0130. The van der Waals surface area contributed by atoms with Gasteiger partial charge in [0.2, 0.25) is 0 Å². The van der Waals surface area contributed by atoms with Gasteiger partial charge in [0.15, 0.2) is 0 Å². The maximum Gasteiger partial charge on any atom is 0.128 e. The standard InChI is InChI=1S/C15H19F2N/c1-2-18-15(14-10-4-3-5-11(10)14)12-8-9(16)6-7-13(12)17/h6-8,10-11,14-15,18H,2-5H2,1H3. The summed E-state index contributed by atoms with van der Waals surface area (Å²) in [6, 6.07) is 3.78. The molecule has 3 atom stereocenters. The van der Waals surface area contributed by atoms with Crippen molar-refractivity contribution < 1.29 is 8.78 Å². The highest BCUT2D eigenvalue weighted by Gasteiger charge is 2.56. The first-order valence-electron chi connectivity index (χ1n) is 6.90. The number of hydrogen-bond donors (Lipinski definition) is 1. The van der Waals surface area contributed by atoms with E-state index >= 15 is 0 Å². The Balaban J connectivity index is 1.87. The quantitative estimate of drug-likeness (QED) is 0.861. The van der Waals surface area contributed by atoms with Gasteiger partial charge in [0.05, 0.1) is 0 Å². The average molecular weight is 251 g/mol. The molecule has 0 bridgehead atoms. The Morgan fingerprint density at radius 3 is 2.67 bits per heavy atom. The van der Waals surface area contributed by atoms with Crippen LogP contribution in [0.4, 0.5) is 8.78 Å². The highest BCUT2D eigenvalue weighted by atomic mass is 19.1. The number of fused-ring (bicyclic) bond motifs is 1. The van der Waals surface area contributed by atoms with Crippen LogP contribution in [0.1, 0.15) is 37.8 Å². The molecule has 0 radical (unpaired) electrons. The second-order valence-corrected chi connectivity index (χ2v) is 5.54. The maximum atomic E-state index is 13.9. The molecule has 1 N–H and O–H groups in total. The minimum Gasteiger partial charge on any atom is -0.310 e. The van der Waals surface area contributed by atoms with E-state index in [0.29, 0.717) is 11.5 Å². The van der Waals surface area contributed by atoms with Gasteiger partial charge in [-0.25, -0.2) is 8.78 Å². The molecule has 98 valence electrons. The third-order valence-corrected chi connectivity index (χ3v) is 4.57. The summed E-state index contributed by atoms with van der Waals surface area (Å²) in [6.07, 6.45) is 3.82. The van der Waals surface area contributed by atoms with Gasteiger partial charge in [-0.3, -0.25) is 0 Å². The molecule has 0 spiro atoms. The van der Waals surface area contributed by atoms with Crippen molar-refractivity contribution in [1.29, 1.82) is 0 Å². The van der Waals surface area contributed by atoms with Crippen molar-refractivity contribution in [1.82, 2.24) is 5.32 Å². The fourth-order valence-electron chi connectivity index (χ4n) is 3.80. The summed E-state index contributed by atoms with van der Waals surface area (Å²) in [6.45, 7) is 2.80. The molecule has 0 saturated heterocycles. The fourth-order valence-corrected chi connectivity index (χ4v) is 3.80. The van der Waals surface area contributed by atoms with E-state index in [2.05, 4.69) is 5.32 Å². The topological polar surface area (TPSA) is 12.0 Å². The molecule has 1 aromatic carbocycles. The van der Waals surface area contributed by atoms with Crippen molar-refractivity contribution in [3.8, 4) is 0 Å². The van der Waals surface area contributed by atoms with E-state index in [9.17, 15) is 8.78 Å². The summed E-state index contributed by atoms with van der Waals surface area (Å²) >= 11 is 0. The van der Waals surface area contributed by atoms with Crippen molar-refractivity contribution in [2.24, 2.45) is 17.8 Å². The summed E-state index contributed by atoms with van der Waals surface area (Å²) < 4.78 is 27.2. The molecular weight excluding hydrogens is 232 g/mol. The maximum absolute atomic E-state index is 13.9. The molecule has 0 amide bonds. The number of benzene rings is 1. The predicted octanol–water partition coefficient (Wildman–Crippen LogP) is 3.66. The lowest BCUT2D eigenvalue weighted by molar-refractivity contribution is 0.409. The van der Waals surface area contributed by atoms with Crippen LogP contribution < -0.4 is 5.32 Å². The van der Waals surface area contributed by atoms with Crippen LogP contribution in [-0.2, 0) is 0 Å². The van der Waals surface area contributed by atoms with Crippen LogP contribution in [0.5, 0.6) is 0 Å². The molecule has 0 aliphatic heterocycles. The zero-order valence-electron chi connectivity index (χ0n) is 10.6. The van der Waals surface area contributed by atoms with Gasteiger partial charge >= 0.3 is 0 Å². The average Bonchev–Trinajstić information content (AvgIpc) is 2.82. The van der Waals surface area contributed by atoms with Gasteiger partial charge in [-0.2, -0.15) is 0 Å². The number of rotatable bonds is 4. The van der Waals surface area contributed by atoms with Gasteiger partial charge in [-0.05, 0) is 55.3 Å². The Morgan fingerprint density at radius 1 is 1.28 bits per heavy atom. The summed E-state index contributed by atoms with van der Waals surface area (Å²) in [5.41, 5.74) is 0.510. The van der Waals surface area contributed by atoms with E-state index in [0.717, 1.165) is 18.4 Å². The normalized spacial score (nSPS) is 31.2. The molecule has 0 aromatic heterocycles. The zero-order chi connectivity index (χ0) is 12.7. The van der Waals surface area contributed by atoms with Crippen molar-refractivity contribution in [3.05, 3.63) is 35.4 Å².